The number of nitro groups is 1. The minimum atomic E-state index is -1.19. The Kier molecular flexibility index (Phi) is 6.66. The first-order chi connectivity index (χ1) is 15.7. The number of nitrogens with one attached hydrogen (secondary N) is 1. The summed E-state index contributed by atoms with van der Waals surface area (Å²) in [6, 6.07) is 0.398. The summed E-state index contributed by atoms with van der Waals surface area (Å²) < 4.78 is 2.00. The number of nitrogens with zero attached hydrogens (tertiary/aromatic N) is 6. The van der Waals surface area contributed by atoms with Crippen molar-refractivity contribution in [2.45, 2.75) is 35.6 Å². The summed E-state index contributed by atoms with van der Waals surface area (Å²) in [7, 11) is 0. The number of carboxylic acid groups (broad SMARTS) is 1. The standard InChI is InChI=1S/C17H17N7O6S3/c1-8-19-20-17(33-8)32-7-9-6-31-15-12(14(26)23(15)13(9)16(27)28)18-11(25)3-5-22-4-2-10(21-22)24(29)30/h2,4,12,15H,3,5-7H2,1H3,(H,18,25)(H,27,28)/t12-,15-/m0/s1. The molecule has 4 heterocycles. The van der Waals surface area contributed by atoms with Crippen LogP contribution in [0.5, 0.6) is 0 Å². The molecule has 0 spiro atoms. The maximum Gasteiger partial charge on any atom is 0.389 e. The highest BCUT2D eigenvalue weighted by atomic mass is 32.2. The second kappa shape index (κ2) is 9.48. The lowest BCUT2D eigenvalue weighted by Crippen LogP contribution is -2.70. The molecular formula is C17H17N7O6S3. The zero-order valence-corrected chi connectivity index (χ0v) is 19.5. The molecule has 2 amide bonds. The van der Waals surface area contributed by atoms with E-state index in [0.29, 0.717) is 17.1 Å². The lowest BCUT2D eigenvalue weighted by Gasteiger charge is -2.49. The summed E-state index contributed by atoms with van der Waals surface area (Å²) in [4.78, 5) is 48.2. The van der Waals surface area contributed by atoms with Gasteiger partial charge in [0.05, 0.1) is 23.9 Å². The predicted molar refractivity (Wildman–Crippen MR) is 119 cm³/mol. The summed E-state index contributed by atoms with van der Waals surface area (Å²) in [6.07, 6.45) is 1.36. The molecule has 2 aromatic rings. The Hall–Kier alpha value is -2.98. The maximum absolute atomic E-state index is 12.7. The Morgan fingerprint density at radius 1 is 1.42 bits per heavy atom. The van der Waals surface area contributed by atoms with Gasteiger partial charge in [0.2, 0.25) is 5.91 Å². The fraction of sp³-hybridized carbons (Fsp3) is 0.412. The largest absolute Gasteiger partial charge is 0.477 e. The van der Waals surface area contributed by atoms with Gasteiger partial charge >= 0.3 is 11.8 Å². The van der Waals surface area contributed by atoms with E-state index < -0.39 is 34.1 Å². The first-order valence-electron chi connectivity index (χ1n) is 9.54. The van der Waals surface area contributed by atoms with Crippen LogP contribution in [0.2, 0.25) is 0 Å². The number of hydrogen-bond donors (Lipinski definition) is 2. The van der Waals surface area contributed by atoms with Crippen LogP contribution in [0.15, 0.2) is 27.9 Å². The third kappa shape index (κ3) is 4.86. The van der Waals surface area contributed by atoms with Gasteiger partial charge in [0.1, 0.15) is 22.1 Å². The number of hydrogen-bond acceptors (Lipinski definition) is 11. The highest BCUT2D eigenvalue weighted by molar-refractivity contribution is 8.01. The van der Waals surface area contributed by atoms with Crippen molar-refractivity contribution < 1.29 is 24.4 Å². The van der Waals surface area contributed by atoms with Crippen LogP contribution in [-0.4, -0.2) is 75.6 Å². The van der Waals surface area contributed by atoms with Crippen molar-refractivity contribution in [3.63, 3.8) is 0 Å². The molecule has 33 heavy (non-hydrogen) atoms. The second-order valence-electron chi connectivity index (χ2n) is 7.03. The van der Waals surface area contributed by atoms with Crippen LogP contribution in [0.3, 0.4) is 0 Å². The minimum Gasteiger partial charge on any atom is -0.477 e. The second-order valence-corrected chi connectivity index (χ2v) is 10.5. The molecule has 0 saturated carbocycles. The van der Waals surface area contributed by atoms with Crippen molar-refractivity contribution in [1.82, 2.24) is 30.2 Å². The van der Waals surface area contributed by atoms with Gasteiger partial charge in [0.25, 0.3) is 5.91 Å². The smallest absolute Gasteiger partial charge is 0.389 e. The molecule has 16 heteroatoms. The van der Waals surface area contributed by atoms with Gasteiger partial charge in [-0.2, -0.15) is 4.68 Å². The maximum atomic E-state index is 12.7. The number of fused-ring (bicyclic) bond motifs is 1. The van der Waals surface area contributed by atoms with Gasteiger partial charge in [-0.15, -0.1) is 22.0 Å². The van der Waals surface area contributed by atoms with Crippen molar-refractivity contribution in [3.8, 4) is 0 Å². The molecule has 2 N–H and O–H groups in total. The number of carbonyl (C=O) groups is 3. The number of aryl methyl sites for hydroxylation is 2. The molecule has 2 aromatic heterocycles. The first-order valence-corrected chi connectivity index (χ1v) is 12.4. The van der Waals surface area contributed by atoms with Gasteiger partial charge in [0.15, 0.2) is 4.34 Å². The summed E-state index contributed by atoms with van der Waals surface area (Å²) in [5.41, 5.74) is 0.562. The van der Waals surface area contributed by atoms with E-state index in [0.717, 1.165) is 9.35 Å². The van der Waals surface area contributed by atoms with Crippen molar-refractivity contribution in [2.24, 2.45) is 0 Å². The number of aliphatic carboxylic acids is 1. The molecule has 4 rings (SSSR count). The van der Waals surface area contributed by atoms with E-state index >= 15 is 0 Å². The molecule has 2 aliphatic heterocycles. The predicted octanol–water partition coefficient (Wildman–Crippen LogP) is 0.872. The van der Waals surface area contributed by atoms with Crippen LogP contribution in [-0.2, 0) is 20.9 Å². The number of carboxylic acids is 1. The Bertz CT molecular complexity index is 1160. The molecule has 2 atom stereocenters. The Morgan fingerprint density at radius 2 is 2.21 bits per heavy atom. The number of carbonyl (C=O) groups excluding carboxylic acids is 2. The fourth-order valence-corrected chi connectivity index (χ4v) is 6.62. The highest BCUT2D eigenvalue weighted by Crippen LogP contribution is 2.41. The molecule has 0 aromatic carbocycles. The van der Waals surface area contributed by atoms with E-state index in [1.807, 2.05) is 6.92 Å². The van der Waals surface area contributed by atoms with E-state index in [1.165, 1.54) is 56.7 Å². The SMILES string of the molecule is Cc1nnc(SCC2=C(C(=O)O)N3C(=O)[C@H](NC(=O)CCn4ccc([N+](=O)[O-])n4)[C@@H]3SC2)s1. The van der Waals surface area contributed by atoms with Crippen LogP contribution >= 0.6 is 34.9 Å². The van der Waals surface area contributed by atoms with Gasteiger partial charge in [-0.25, -0.2) is 4.79 Å². The van der Waals surface area contributed by atoms with Crippen LogP contribution in [0, 0.1) is 17.0 Å². The van der Waals surface area contributed by atoms with Crippen LogP contribution in [0.4, 0.5) is 5.82 Å². The molecule has 2 aliphatic rings. The van der Waals surface area contributed by atoms with Gasteiger partial charge in [-0.3, -0.25) is 14.5 Å². The molecule has 1 saturated heterocycles. The monoisotopic (exact) mass is 511 g/mol. The Balaban J connectivity index is 1.36. The zero-order valence-electron chi connectivity index (χ0n) is 17.0. The van der Waals surface area contributed by atoms with Crippen LogP contribution < -0.4 is 5.32 Å². The quantitative estimate of drug-likeness (QED) is 0.212. The summed E-state index contributed by atoms with van der Waals surface area (Å²) in [6.45, 7) is 1.94. The third-order valence-electron chi connectivity index (χ3n) is 4.83. The molecule has 13 nitrogen and oxygen atoms in total. The molecule has 0 unspecified atom stereocenters. The van der Waals surface area contributed by atoms with Gasteiger partial charge < -0.3 is 20.5 Å². The molecular weight excluding hydrogens is 494 g/mol. The van der Waals surface area contributed by atoms with E-state index in [2.05, 4.69) is 20.6 Å². The molecule has 174 valence electrons. The van der Waals surface area contributed by atoms with Gasteiger partial charge in [0, 0.05) is 17.9 Å². The number of amides is 2. The average Bonchev–Trinajstić information content (AvgIpc) is 3.42. The topological polar surface area (TPSA) is 173 Å². The van der Waals surface area contributed by atoms with E-state index in [4.69, 9.17) is 0 Å². The van der Waals surface area contributed by atoms with E-state index in [9.17, 15) is 29.6 Å². The lowest BCUT2D eigenvalue weighted by atomic mass is 10.0. The zero-order chi connectivity index (χ0) is 23.7. The lowest BCUT2D eigenvalue weighted by molar-refractivity contribution is -0.389. The minimum absolute atomic E-state index is 0.0369. The third-order valence-corrected chi connectivity index (χ3v) is 8.22. The normalized spacial score (nSPS) is 19.8. The van der Waals surface area contributed by atoms with Crippen molar-refractivity contribution >= 4 is 58.5 Å². The van der Waals surface area contributed by atoms with Gasteiger partial charge in [-0.1, -0.05) is 23.1 Å². The number of thioether (sulfide) groups is 2. The van der Waals surface area contributed by atoms with Crippen LogP contribution in [0.25, 0.3) is 0 Å². The summed E-state index contributed by atoms with van der Waals surface area (Å²) >= 11 is 4.17. The molecule has 0 aliphatic carbocycles. The molecule has 0 bridgehead atoms. The van der Waals surface area contributed by atoms with Gasteiger partial charge in [-0.05, 0) is 17.4 Å². The number of aromatic nitrogens is 4. The van der Waals surface area contributed by atoms with Crippen molar-refractivity contribution in [1.29, 1.82) is 0 Å². The number of β-lactam (4-membered cyclic amide) rings is 1. The fourth-order valence-electron chi connectivity index (χ4n) is 3.31. The van der Waals surface area contributed by atoms with Crippen molar-refractivity contribution in [3.05, 3.63) is 38.7 Å². The summed E-state index contributed by atoms with van der Waals surface area (Å²) in [5.74, 6) is -1.65. The first kappa shape index (κ1) is 23.2. The van der Waals surface area contributed by atoms with Crippen LogP contribution in [0.1, 0.15) is 11.4 Å². The van der Waals surface area contributed by atoms with E-state index in [1.54, 1.807) is 0 Å². The van der Waals surface area contributed by atoms with Crippen molar-refractivity contribution in [2.75, 3.05) is 11.5 Å². The summed E-state index contributed by atoms with van der Waals surface area (Å²) in [5, 5.41) is 35.0. The average molecular weight is 512 g/mol. The number of rotatable bonds is 9. The van der Waals surface area contributed by atoms with E-state index in [-0.39, 0.29) is 24.5 Å². The molecule has 0 radical (unpaired) electrons. The Morgan fingerprint density at radius 3 is 2.85 bits per heavy atom. The molecule has 1 fully saturated rings. The Labute approximate surface area is 198 Å². The highest BCUT2D eigenvalue weighted by Gasteiger charge is 2.54.